The third-order valence-electron chi connectivity index (χ3n) is 2.84. The highest BCUT2D eigenvalue weighted by Crippen LogP contribution is 2.28. The third-order valence-corrected chi connectivity index (χ3v) is 2.84. The average molecular weight is 295 g/mol. The Morgan fingerprint density at radius 1 is 1.24 bits per heavy atom. The second kappa shape index (κ2) is 5.43. The van der Waals surface area contributed by atoms with Crippen molar-refractivity contribution in [3.63, 3.8) is 0 Å². The van der Waals surface area contributed by atoms with Gasteiger partial charge in [0.2, 0.25) is 0 Å². The van der Waals surface area contributed by atoms with Gasteiger partial charge >= 0.3 is 6.18 Å². The first-order chi connectivity index (χ1) is 9.79. The number of hydrogen-bond donors (Lipinski definition) is 2. The summed E-state index contributed by atoms with van der Waals surface area (Å²) in [4.78, 5) is 15.4. The van der Waals surface area contributed by atoms with E-state index in [4.69, 9.17) is 5.73 Å². The SMILES string of the molecule is Cc1cccc(N)c1C(=O)Nc1ccc(C(F)(F)F)nc1. The molecule has 7 heteroatoms. The topological polar surface area (TPSA) is 68.0 Å². The highest BCUT2D eigenvalue weighted by Gasteiger charge is 2.32. The maximum atomic E-state index is 12.4. The number of alkyl halides is 3. The Labute approximate surface area is 118 Å². The number of aromatic nitrogens is 1. The average Bonchev–Trinajstić information content (AvgIpc) is 2.38. The molecule has 0 aliphatic heterocycles. The second-order valence-corrected chi connectivity index (χ2v) is 4.42. The Morgan fingerprint density at radius 3 is 2.48 bits per heavy atom. The quantitative estimate of drug-likeness (QED) is 0.836. The molecule has 2 aromatic rings. The molecule has 0 bridgehead atoms. The van der Waals surface area contributed by atoms with Gasteiger partial charge in [0.05, 0.1) is 17.4 Å². The molecular formula is C14H12F3N3O. The minimum absolute atomic E-state index is 0.163. The summed E-state index contributed by atoms with van der Waals surface area (Å²) in [5, 5.41) is 2.47. The van der Waals surface area contributed by atoms with E-state index in [-0.39, 0.29) is 11.3 Å². The molecule has 1 aromatic carbocycles. The maximum Gasteiger partial charge on any atom is 0.433 e. The summed E-state index contributed by atoms with van der Waals surface area (Å²) in [5.74, 6) is -0.493. The Hall–Kier alpha value is -2.57. The van der Waals surface area contributed by atoms with E-state index in [1.165, 1.54) is 0 Å². The minimum Gasteiger partial charge on any atom is -0.398 e. The van der Waals surface area contributed by atoms with Crippen LogP contribution < -0.4 is 11.1 Å². The van der Waals surface area contributed by atoms with Crippen LogP contribution in [0.3, 0.4) is 0 Å². The normalized spacial score (nSPS) is 11.2. The zero-order valence-corrected chi connectivity index (χ0v) is 11.0. The number of carbonyl (C=O) groups excluding carboxylic acids is 1. The Kier molecular flexibility index (Phi) is 3.84. The van der Waals surface area contributed by atoms with Crippen LogP contribution in [0, 0.1) is 6.92 Å². The van der Waals surface area contributed by atoms with E-state index in [0.29, 0.717) is 11.3 Å². The molecule has 4 nitrogen and oxygen atoms in total. The zero-order valence-electron chi connectivity index (χ0n) is 11.0. The fourth-order valence-corrected chi connectivity index (χ4v) is 1.83. The number of rotatable bonds is 2. The number of amides is 1. The number of aryl methyl sites for hydroxylation is 1. The van der Waals surface area contributed by atoms with Crippen LogP contribution in [0.4, 0.5) is 24.5 Å². The monoisotopic (exact) mass is 295 g/mol. The number of pyridine rings is 1. The molecule has 1 amide bonds. The van der Waals surface area contributed by atoms with Crippen LogP contribution in [-0.4, -0.2) is 10.9 Å². The highest BCUT2D eigenvalue weighted by atomic mass is 19.4. The van der Waals surface area contributed by atoms with Crippen LogP contribution in [0.25, 0.3) is 0 Å². The van der Waals surface area contributed by atoms with Crippen LogP contribution in [0.2, 0.25) is 0 Å². The molecular weight excluding hydrogens is 283 g/mol. The molecule has 0 saturated carbocycles. The van der Waals surface area contributed by atoms with Gasteiger partial charge in [-0.15, -0.1) is 0 Å². The molecule has 0 radical (unpaired) electrons. The van der Waals surface area contributed by atoms with Crippen LogP contribution in [0.1, 0.15) is 21.6 Å². The minimum atomic E-state index is -4.51. The van der Waals surface area contributed by atoms with Gasteiger partial charge in [-0.3, -0.25) is 4.79 Å². The maximum absolute atomic E-state index is 12.4. The van der Waals surface area contributed by atoms with E-state index in [2.05, 4.69) is 10.3 Å². The van der Waals surface area contributed by atoms with Gasteiger partial charge in [-0.2, -0.15) is 13.2 Å². The fourth-order valence-electron chi connectivity index (χ4n) is 1.83. The molecule has 2 rings (SSSR count). The second-order valence-electron chi connectivity index (χ2n) is 4.42. The van der Waals surface area contributed by atoms with Crippen LogP contribution in [0.5, 0.6) is 0 Å². The first kappa shape index (κ1) is 14.8. The summed E-state index contributed by atoms with van der Waals surface area (Å²) in [5.41, 5.74) is 6.14. The molecule has 3 N–H and O–H groups in total. The molecule has 21 heavy (non-hydrogen) atoms. The Morgan fingerprint density at radius 2 is 1.95 bits per heavy atom. The lowest BCUT2D eigenvalue weighted by Crippen LogP contribution is -2.16. The van der Waals surface area contributed by atoms with Gasteiger partial charge in [-0.05, 0) is 30.7 Å². The fraction of sp³-hybridized carbons (Fsp3) is 0.143. The van der Waals surface area contributed by atoms with E-state index >= 15 is 0 Å². The Bertz CT molecular complexity index is 646. The van der Waals surface area contributed by atoms with E-state index < -0.39 is 17.8 Å². The van der Waals surface area contributed by atoms with Gasteiger partial charge in [-0.1, -0.05) is 12.1 Å². The molecule has 110 valence electrons. The van der Waals surface area contributed by atoms with Crippen molar-refractivity contribution < 1.29 is 18.0 Å². The number of benzene rings is 1. The van der Waals surface area contributed by atoms with Gasteiger partial charge in [-0.25, -0.2) is 4.98 Å². The van der Waals surface area contributed by atoms with Crippen LogP contribution >= 0.6 is 0 Å². The molecule has 1 heterocycles. The largest absolute Gasteiger partial charge is 0.433 e. The molecule has 0 saturated heterocycles. The number of anilines is 2. The predicted molar refractivity (Wildman–Crippen MR) is 72.8 cm³/mol. The van der Waals surface area contributed by atoms with Crippen molar-refractivity contribution in [3.8, 4) is 0 Å². The lowest BCUT2D eigenvalue weighted by Gasteiger charge is -2.11. The Balaban J connectivity index is 2.21. The summed E-state index contributed by atoms with van der Waals surface area (Å²) >= 11 is 0. The molecule has 0 fully saturated rings. The van der Waals surface area contributed by atoms with Gasteiger partial charge in [0, 0.05) is 5.69 Å². The van der Waals surface area contributed by atoms with Crippen molar-refractivity contribution in [1.82, 2.24) is 4.98 Å². The number of nitrogen functional groups attached to an aromatic ring is 1. The number of nitrogens with one attached hydrogen (secondary N) is 1. The van der Waals surface area contributed by atoms with Crippen LogP contribution in [-0.2, 0) is 6.18 Å². The number of carbonyl (C=O) groups is 1. The predicted octanol–water partition coefficient (Wildman–Crippen LogP) is 3.24. The zero-order chi connectivity index (χ0) is 15.6. The standard InChI is InChI=1S/C14H12F3N3O/c1-8-3-2-4-10(18)12(8)13(21)20-9-5-6-11(19-7-9)14(15,16)17/h2-7H,18H2,1H3,(H,20,21). The molecule has 0 unspecified atom stereocenters. The van der Waals surface area contributed by atoms with Gasteiger partial charge in [0.15, 0.2) is 0 Å². The molecule has 0 atom stereocenters. The van der Waals surface area contributed by atoms with Gasteiger partial charge in [0.25, 0.3) is 5.91 Å². The smallest absolute Gasteiger partial charge is 0.398 e. The number of hydrogen-bond acceptors (Lipinski definition) is 3. The van der Waals surface area contributed by atoms with Crippen molar-refractivity contribution in [2.75, 3.05) is 11.1 Å². The molecule has 1 aromatic heterocycles. The number of nitrogens with two attached hydrogens (primary N) is 1. The third kappa shape index (κ3) is 3.31. The van der Waals surface area contributed by atoms with Gasteiger partial charge < -0.3 is 11.1 Å². The van der Waals surface area contributed by atoms with Crippen molar-refractivity contribution in [2.24, 2.45) is 0 Å². The van der Waals surface area contributed by atoms with Crippen molar-refractivity contribution in [2.45, 2.75) is 13.1 Å². The van der Waals surface area contributed by atoms with E-state index in [0.717, 1.165) is 18.3 Å². The first-order valence-corrected chi connectivity index (χ1v) is 5.98. The van der Waals surface area contributed by atoms with E-state index in [9.17, 15) is 18.0 Å². The van der Waals surface area contributed by atoms with Gasteiger partial charge in [0.1, 0.15) is 5.69 Å². The molecule has 0 aliphatic carbocycles. The van der Waals surface area contributed by atoms with Crippen molar-refractivity contribution in [1.29, 1.82) is 0 Å². The summed E-state index contributed by atoms with van der Waals surface area (Å²) in [6.07, 6.45) is -3.56. The summed E-state index contributed by atoms with van der Waals surface area (Å²) in [6.45, 7) is 1.72. The molecule has 0 spiro atoms. The molecule has 0 aliphatic rings. The summed E-state index contributed by atoms with van der Waals surface area (Å²) < 4.78 is 37.2. The van der Waals surface area contributed by atoms with Crippen molar-refractivity contribution in [3.05, 3.63) is 53.3 Å². The number of nitrogens with zero attached hydrogens (tertiary/aromatic N) is 1. The van der Waals surface area contributed by atoms with Crippen molar-refractivity contribution >= 4 is 17.3 Å². The highest BCUT2D eigenvalue weighted by molar-refractivity contribution is 6.08. The van der Waals surface area contributed by atoms with E-state index in [1.54, 1.807) is 25.1 Å². The summed E-state index contributed by atoms with van der Waals surface area (Å²) in [7, 11) is 0. The lowest BCUT2D eigenvalue weighted by molar-refractivity contribution is -0.141. The number of halogens is 3. The first-order valence-electron chi connectivity index (χ1n) is 5.98. The summed E-state index contributed by atoms with van der Waals surface area (Å²) in [6, 6.07) is 6.95. The van der Waals surface area contributed by atoms with Crippen LogP contribution in [0.15, 0.2) is 36.5 Å². The van der Waals surface area contributed by atoms with E-state index in [1.807, 2.05) is 0 Å². The lowest BCUT2D eigenvalue weighted by atomic mass is 10.1.